The van der Waals surface area contributed by atoms with Crippen LogP contribution in [0.4, 0.5) is 5.82 Å². The Balaban J connectivity index is 1.86. The highest BCUT2D eigenvalue weighted by Crippen LogP contribution is 2.42. The largest absolute Gasteiger partial charge is 0.373 e. The van der Waals surface area contributed by atoms with Crippen LogP contribution in [0, 0.1) is 5.41 Å². The first kappa shape index (κ1) is 12.9. The van der Waals surface area contributed by atoms with Crippen molar-refractivity contribution >= 4 is 5.82 Å². The Hall–Kier alpha value is -1.12. The lowest BCUT2D eigenvalue weighted by Crippen LogP contribution is -2.22. The third-order valence-corrected chi connectivity index (χ3v) is 4.89. The third kappa shape index (κ3) is 2.47. The molecule has 0 aromatic carbocycles. The molecule has 104 valence electrons. The minimum absolute atomic E-state index is 0.513. The van der Waals surface area contributed by atoms with Crippen molar-refractivity contribution in [2.24, 2.45) is 5.41 Å². The molecule has 3 rings (SSSR count). The summed E-state index contributed by atoms with van der Waals surface area (Å²) in [6, 6.07) is 0. The summed E-state index contributed by atoms with van der Waals surface area (Å²) in [5.74, 6) is 2.76. The van der Waals surface area contributed by atoms with E-state index in [4.69, 9.17) is 9.97 Å². The van der Waals surface area contributed by atoms with Gasteiger partial charge >= 0.3 is 0 Å². The van der Waals surface area contributed by atoms with Gasteiger partial charge < -0.3 is 5.32 Å². The second-order valence-corrected chi connectivity index (χ2v) is 6.90. The van der Waals surface area contributed by atoms with Crippen LogP contribution in [-0.2, 0) is 12.8 Å². The Bertz CT molecular complexity index is 469. The first-order valence-electron chi connectivity index (χ1n) is 7.66. The Labute approximate surface area is 116 Å². The van der Waals surface area contributed by atoms with E-state index >= 15 is 0 Å². The van der Waals surface area contributed by atoms with Crippen molar-refractivity contribution in [2.45, 2.75) is 64.7 Å². The molecule has 0 saturated heterocycles. The SMILES string of the molecule is CNc1nc(C2CCC(C)(C)CC2)nc2c1CCC2. The molecule has 19 heavy (non-hydrogen) atoms. The monoisotopic (exact) mass is 259 g/mol. The summed E-state index contributed by atoms with van der Waals surface area (Å²) in [4.78, 5) is 9.69. The van der Waals surface area contributed by atoms with Gasteiger partial charge in [0.15, 0.2) is 0 Å². The molecule has 1 aromatic rings. The summed E-state index contributed by atoms with van der Waals surface area (Å²) in [5.41, 5.74) is 3.18. The van der Waals surface area contributed by atoms with Crippen molar-refractivity contribution < 1.29 is 0 Å². The highest BCUT2D eigenvalue weighted by atomic mass is 15.0. The molecule has 1 saturated carbocycles. The third-order valence-electron chi connectivity index (χ3n) is 4.89. The van der Waals surface area contributed by atoms with E-state index < -0.39 is 0 Å². The van der Waals surface area contributed by atoms with Crippen LogP contribution in [0.25, 0.3) is 0 Å². The number of rotatable bonds is 2. The van der Waals surface area contributed by atoms with Gasteiger partial charge in [0.2, 0.25) is 0 Å². The van der Waals surface area contributed by atoms with Crippen molar-refractivity contribution in [1.29, 1.82) is 0 Å². The molecule has 0 amide bonds. The molecule has 2 aliphatic rings. The fourth-order valence-electron chi connectivity index (χ4n) is 3.50. The minimum atomic E-state index is 0.513. The number of fused-ring (bicyclic) bond motifs is 1. The van der Waals surface area contributed by atoms with Crippen molar-refractivity contribution in [3.8, 4) is 0 Å². The number of aryl methyl sites for hydroxylation is 1. The molecular weight excluding hydrogens is 234 g/mol. The average Bonchev–Trinajstić information content (AvgIpc) is 2.85. The van der Waals surface area contributed by atoms with E-state index in [0.29, 0.717) is 11.3 Å². The maximum atomic E-state index is 4.88. The maximum Gasteiger partial charge on any atom is 0.134 e. The lowest BCUT2D eigenvalue weighted by atomic mass is 9.73. The summed E-state index contributed by atoms with van der Waals surface area (Å²) in [5, 5.41) is 3.27. The summed E-state index contributed by atoms with van der Waals surface area (Å²) < 4.78 is 0. The molecule has 0 radical (unpaired) electrons. The van der Waals surface area contributed by atoms with Crippen LogP contribution in [0.1, 0.15) is 69.0 Å². The first-order chi connectivity index (χ1) is 9.09. The molecule has 3 heteroatoms. The lowest BCUT2D eigenvalue weighted by Gasteiger charge is -2.33. The molecule has 1 aromatic heterocycles. The number of nitrogens with zero attached hydrogens (tertiary/aromatic N) is 2. The number of hydrogen-bond donors (Lipinski definition) is 1. The van der Waals surface area contributed by atoms with Gasteiger partial charge in [0.25, 0.3) is 0 Å². The predicted molar refractivity (Wildman–Crippen MR) is 78.6 cm³/mol. The van der Waals surface area contributed by atoms with E-state index in [1.54, 1.807) is 0 Å². The highest BCUT2D eigenvalue weighted by Gasteiger charge is 2.30. The van der Waals surface area contributed by atoms with Crippen molar-refractivity contribution in [1.82, 2.24) is 9.97 Å². The number of anilines is 1. The minimum Gasteiger partial charge on any atom is -0.373 e. The molecule has 0 spiro atoms. The first-order valence-corrected chi connectivity index (χ1v) is 7.66. The average molecular weight is 259 g/mol. The van der Waals surface area contributed by atoms with Crippen molar-refractivity contribution in [3.05, 3.63) is 17.1 Å². The molecule has 0 atom stereocenters. The molecule has 3 nitrogen and oxygen atoms in total. The molecule has 1 heterocycles. The van der Waals surface area contributed by atoms with Gasteiger partial charge in [-0.1, -0.05) is 13.8 Å². The second kappa shape index (κ2) is 4.77. The van der Waals surface area contributed by atoms with Gasteiger partial charge in [-0.05, 0) is 50.4 Å². The van der Waals surface area contributed by atoms with E-state index in [2.05, 4.69) is 19.2 Å². The number of hydrogen-bond acceptors (Lipinski definition) is 3. The van der Waals surface area contributed by atoms with E-state index in [1.807, 2.05) is 7.05 Å². The molecule has 0 unspecified atom stereocenters. The van der Waals surface area contributed by atoms with E-state index in [9.17, 15) is 0 Å². The zero-order chi connectivity index (χ0) is 13.5. The molecular formula is C16H25N3. The highest BCUT2D eigenvalue weighted by molar-refractivity contribution is 5.48. The van der Waals surface area contributed by atoms with Crippen LogP contribution in [0.2, 0.25) is 0 Å². The van der Waals surface area contributed by atoms with Crippen LogP contribution >= 0.6 is 0 Å². The van der Waals surface area contributed by atoms with E-state index in [1.165, 1.54) is 43.4 Å². The fraction of sp³-hybridized carbons (Fsp3) is 0.750. The van der Waals surface area contributed by atoms with Crippen LogP contribution in [0.5, 0.6) is 0 Å². The molecule has 0 aliphatic heterocycles. The predicted octanol–water partition coefficient (Wildman–Crippen LogP) is 3.69. The standard InChI is InChI=1S/C16H25N3/c1-16(2)9-7-11(8-10-16)14-18-13-6-4-5-12(13)15(17-3)19-14/h11H,4-10H2,1-3H3,(H,17,18,19). The van der Waals surface area contributed by atoms with E-state index in [0.717, 1.165) is 24.5 Å². The molecule has 1 N–H and O–H groups in total. The van der Waals surface area contributed by atoms with Gasteiger partial charge in [-0.2, -0.15) is 0 Å². The van der Waals surface area contributed by atoms with Gasteiger partial charge in [0, 0.05) is 24.2 Å². The fourth-order valence-corrected chi connectivity index (χ4v) is 3.50. The zero-order valence-corrected chi connectivity index (χ0v) is 12.4. The van der Waals surface area contributed by atoms with E-state index in [-0.39, 0.29) is 0 Å². The van der Waals surface area contributed by atoms with Crippen LogP contribution in [0.3, 0.4) is 0 Å². The van der Waals surface area contributed by atoms with Crippen molar-refractivity contribution in [3.63, 3.8) is 0 Å². The Kier molecular flexibility index (Phi) is 3.23. The summed E-state index contributed by atoms with van der Waals surface area (Å²) >= 11 is 0. The van der Waals surface area contributed by atoms with Crippen LogP contribution < -0.4 is 5.32 Å². The van der Waals surface area contributed by atoms with Gasteiger partial charge in [0.05, 0.1) is 0 Å². The smallest absolute Gasteiger partial charge is 0.134 e. The molecule has 0 bridgehead atoms. The molecule has 1 fully saturated rings. The summed E-state index contributed by atoms with van der Waals surface area (Å²) in [7, 11) is 1.98. The molecule has 2 aliphatic carbocycles. The topological polar surface area (TPSA) is 37.8 Å². The van der Waals surface area contributed by atoms with Gasteiger partial charge in [-0.3, -0.25) is 0 Å². The zero-order valence-electron chi connectivity index (χ0n) is 12.4. The lowest BCUT2D eigenvalue weighted by molar-refractivity contribution is 0.220. The van der Waals surface area contributed by atoms with Gasteiger partial charge in [0.1, 0.15) is 11.6 Å². The van der Waals surface area contributed by atoms with Crippen LogP contribution in [-0.4, -0.2) is 17.0 Å². The maximum absolute atomic E-state index is 4.88. The van der Waals surface area contributed by atoms with Crippen LogP contribution in [0.15, 0.2) is 0 Å². The number of nitrogens with one attached hydrogen (secondary N) is 1. The Morgan fingerprint density at radius 3 is 2.53 bits per heavy atom. The van der Waals surface area contributed by atoms with Crippen molar-refractivity contribution in [2.75, 3.05) is 12.4 Å². The summed E-state index contributed by atoms with van der Waals surface area (Å²) in [6.45, 7) is 4.76. The normalized spacial score (nSPS) is 22.3. The Morgan fingerprint density at radius 2 is 1.84 bits per heavy atom. The number of aromatic nitrogens is 2. The second-order valence-electron chi connectivity index (χ2n) is 6.90. The van der Waals surface area contributed by atoms with Gasteiger partial charge in [-0.25, -0.2) is 9.97 Å². The summed E-state index contributed by atoms with van der Waals surface area (Å²) in [6.07, 6.45) is 8.60. The van der Waals surface area contributed by atoms with Gasteiger partial charge in [-0.15, -0.1) is 0 Å². The quantitative estimate of drug-likeness (QED) is 0.880. The Morgan fingerprint density at radius 1 is 1.11 bits per heavy atom.